The Balaban J connectivity index is 0.000000406. The molecule has 2 heterocycles. The summed E-state index contributed by atoms with van der Waals surface area (Å²) >= 11 is 6.03. The predicted octanol–water partition coefficient (Wildman–Crippen LogP) is 3.78. The maximum atomic E-state index is 11.9. The van der Waals surface area contributed by atoms with Crippen LogP contribution in [0, 0.1) is 0 Å². The van der Waals surface area contributed by atoms with Gasteiger partial charge in [0.1, 0.15) is 23.5 Å². The lowest BCUT2D eigenvalue weighted by molar-refractivity contribution is -0.192. The molecule has 0 fully saturated rings. The minimum Gasteiger partial charge on any atom is -0.506 e. The van der Waals surface area contributed by atoms with Crippen LogP contribution < -0.4 is 10.9 Å². The third-order valence-corrected chi connectivity index (χ3v) is 4.78. The van der Waals surface area contributed by atoms with Gasteiger partial charge in [0.25, 0.3) is 0 Å². The summed E-state index contributed by atoms with van der Waals surface area (Å²) in [6.07, 6.45) is -3.64. The van der Waals surface area contributed by atoms with Crippen molar-refractivity contribution in [2.45, 2.75) is 18.8 Å². The third kappa shape index (κ3) is 6.11. The van der Waals surface area contributed by atoms with E-state index >= 15 is 0 Å². The van der Waals surface area contributed by atoms with E-state index < -0.39 is 17.8 Å². The van der Waals surface area contributed by atoms with Gasteiger partial charge in [0.2, 0.25) is 0 Å². The van der Waals surface area contributed by atoms with Gasteiger partial charge in [-0.15, -0.1) is 0 Å². The molecule has 4 N–H and O–H groups in total. The summed E-state index contributed by atoms with van der Waals surface area (Å²) in [5.41, 5.74) is 1.47. The Morgan fingerprint density at radius 1 is 1.21 bits per heavy atom. The number of benzene rings is 2. The second kappa shape index (κ2) is 10.4. The van der Waals surface area contributed by atoms with Crippen LogP contribution in [0.25, 0.3) is 11.0 Å². The average molecular weight is 497 g/mol. The minimum atomic E-state index is -5.08. The Hall–Kier alpha value is -3.90. The number of nitrogens with zero attached hydrogens (tertiary/aromatic N) is 2. The van der Waals surface area contributed by atoms with Crippen molar-refractivity contribution in [1.29, 1.82) is 0 Å². The van der Waals surface area contributed by atoms with Gasteiger partial charge in [-0.05, 0) is 17.2 Å². The number of carboxylic acids is 1. The number of hydrogen-bond acceptors (Lipinski definition) is 7. The smallest absolute Gasteiger partial charge is 0.490 e. The maximum absolute atomic E-state index is 11.9. The van der Waals surface area contributed by atoms with Crippen molar-refractivity contribution in [2.75, 3.05) is 0 Å². The Morgan fingerprint density at radius 3 is 2.47 bits per heavy atom. The number of carbonyl (C=O) groups is 1. The molecule has 0 aliphatic rings. The van der Waals surface area contributed by atoms with Crippen molar-refractivity contribution in [1.82, 2.24) is 20.5 Å². The number of aliphatic carboxylic acids is 1. The number of rotatable bonds is 5. The Bertz CT molecular complexity index is 1330. The number of hydrogen-bond donors (Lipinski definition) is 4. The number of aromatic nitrogens is 3. The van der Waals surface area contributed by atoms with E-state index in [2.05, 4.69) is 20.5 Å². The summed E-state index contributed by atoms with van der Waals surface area (Å²) in [6, 6.07) is 13.9. The Morgan fingerprint density at radius 2 is 1.88 bits per heavy atom. The Labute approximate surface area is 193 Å². The van der Waals surface area contributed by atoms with Crippen molar-refractivity contribution in [3.8, 4) is 5.75 Å². The molecule has 0 saturated heterocycles. The molecule has 178 valence electrons. The molecule has 0 aliphatic heterocycles. The highest BCUT2D eigenvalue weighted by molar-refractivity contribution is 6.32. The van der Waals surface area contributed by atoms with Crippen LogP contribution in [0.1, 0.15) is 23.0 Å². The quantitative estimate of drug-likeness (QED) is 0.306. The van der Waals surface area contributed by atoms with Crippen molar-refractivity contribution < 1.29 is 32.6 Å². The summed E-state index contributed by atoms with van der Waals surface area (Å²) in [6.45, 7) is 0.351. The fourth-order valence-electron chi connectivity index (χ4n) is 2.97. The van der Waals surface area contributed by atoms with E-state index in [0.29, 0.717) is 23.3 Å². The highest BCUT2D eigenvalue weighted by Crippen LogP contribution is 2.30. The van der Waals surface area contributed by atoms with E-state index in [1.54, 1.807) is 6.07 Å². The number of H-pyrrole nitrogens is 1. The lowest BCUT2D eigenvalue weighted by Gasteiger charge is -2.17. The van der Waals surface area contributed by atoms with Crippen LogP contribution >= 0.6 is 11.6 Å². The monoisotopic (exact) mass is 496 g/mol. The molecule has 1 unspecified atom stereocenters. The molecule has 1 atom stereocenters. The van der Waals surface area contributed by atoms with Gasteiger partial charge in [0.05, 0.1) is 11.1 Å². The van der Waals surface area contributed by atoms with E-state index in [1.165, 1.54) is 18.5 Å². The van der Waals surface area contributed by atoms with Crippen LogP contribution in [0.15, 0.2) is 64.1 Å². The number of alkyl halides is 3. The molecule has 4 aromatic rings. The molecule has 34 heavy (non-hydrogen) atoms. The molecule has 0 amide bonds. The topological polar surface area (TPSA) is 141 Å². The van der Waals surface area contributed by atoms with E-state index in [0.717, 1.165) is 5.56 Å². The first kappa shape index (κ1) is 24.7. The average Bonchev–Trinajstić information content (AvgIpc) is 3.30. The molecule has 13 heteroatoms. The molecular weight excluding hydrogens is 481 g/mol. The van der Waals surface area contributed by atoms with Gasteiger partial charge in [-0.25, -0.2) is 14.6 Å². The zero-order chi connectivity index (χ0) is 24.9. The van der Waals surface area contributed by atoms with Crippen LogP contribution in [0.5, 0.6) is 5.75 Å². The van der Waals surface area contributed by atoms with Crippen LogP contribution in [0.2, 0.25) is 5.02 Å². The number of phenols is 1. The van der Waals surface area contributed by atoms with Gasteiger partial charge in [-0.1, -0.05) is 41.9 Å². The Kier molecular flexibility index (Phi) is 7.54. The van der Waals surface area contributed by atoms with Gasteiger partial charge < -0.3 is 14.6 Å². The van der Waals surface area contributed by atoms with E-state index in [9.17, 15) is 23.1 Å². The van der Waals surface area contributed by atoms with Gasteiger partial charge in [-0.2, -0.15) is 18.3 Å². The lowest BCUT2D eigenvalue weighted by Crippen LogP contribution is -2.24. The number of halogens is 4. The number of fused-ring (bicyclic) bond motifs is 1. The van der Waals surface area contributed by atoms with Crippen molar-refractivity contribution in [3.05, 3.63) is 87.3 Å². The van der Waals surface area contributed by atoms with Gasteiger partial charge in [0.15, 0.2) is 0 Å². The van der Waals surface area contributed by atoms with Crippen molar-refractivity contribution >= 4 is 28.5 Å². The largest absolute Gasteiger partial charge is 0.506 e. The molecule has 2 aromatic carbocycles. The number of carboxylic acid groups (broad SMARTS) is 1. The standard InChI is InChI=1S/C19H15ClN4O3.C2HF3O2/c20-14-7-13-12(6-17(26)27-16(13)8-15(14)25)9-21-18(19-22-10-23-24-19)11-4-2-1-3-5-11;3-2(4,5)1(6)7/h1-8,10,18,21,25H,9H2,(H,22,23,24);(H,6,7). The normalized spacial score (nSPS) is 12.1. The SMILES string of the molecule is O=C(O)C(F)(F)F.O=c1cc(CNC(c2ccccc2)c2ncn[nH]2)c2cc(Cl)c(O)cc2o1. The third-order valence-electron chi connectivity index (χ3n) is 4.48. The van der Waals surface area contributed by atoms with Gasteiger partial charge in [-0.3, -0.25) is 10.4 Å². The lowest BCUT2D eigenvalue weighted by atomic mass is 10.0. The highest BCUT2D eigenvalue weighted by Gasteiger charge is 2.38. The zero-order valence-electron chi connectivity index (χ0n) is 17.0. The molecule has 0 radical (unpaired) electrons. The molecule has 0 bridgehead atoms. The molecule has 9 nitrogen and oxygen atoms in total. The predicted molar refractivity (Wildman–Crippen MR) is 114 cm³/mol. The fourth-order valence-corrected chi connectivity index (χ4v) is 3.13. The van der Waals surface area contributed by atoms with E-state index in [4.69, 9.17) is 25.9 Å². The first-order valence-corrected chi connectivity index (χ1v) is 9.83. The minimum absolute atomic E-state index is 0.138. The van der Waals surface area contributed by atoms with Crippen LogP contribution in [0.4, 0.5) is 13.2 Å². The van der Waals surface area contributed by atoms with Crippen LogP contribution in [-0.4, -0.2) is 37.5 Å². The molecule has 0 spiro atoms. The zero-order valence-corrected chi connectivity index (χ0v) is 17.8. The summed E-state index contributed by atoms with van der Waals surface area (Å²) in [4.78, 5) is 25.0. The second-order valence-corrected chi connectivity index (χ2v) is 7.20. The van der Waals surface area contributed by atoms with Gasteiger partial charge in [0, 0.05) is 24.1 Å². The fraction of sp³-hybridized carbons (Fsp3) is 0.143. The number of nitrogens with one attached hydrogen (secondary N) is 2. The molecule has 2 aromatic heterocycles. The summed E-state index contributed by atoms with van der Waals surface area (Å²) in [7, 11) is 0. The van der Waals surface area contributed by atoms with E-state index in [-0.39, 0.29) is 22.4 Å². The van der Waals surface area contributed by atoms with Crippen molar-refractivity contribution in [3.63, 3.8) is 0 Å². The molecular formula is C21H16ClF3N4O5. The maximum Gasteiger partial charge on any atom is 0.490 e. The van der Waals surface area contributed by atoms with Crippen molar-refractivity contribution in [2.24, 2.45) is 0 Å². The summed E-state index contributed by atoms with van der Waals surface area (Å²) in [5.74, 6) is -2.24. The second-order valence-electron chi connectivity index (χ2n) is 6.79. The molecule has 4 rings (SSSR count). The molecule has 0 aliphatic carbocycles. The molecule has 0 saturated carbocycles. The number of aromatic hydroxyl groups is 1. The highest BCUT2D eigenvalue weighted by atomic mass is 35.5. The van der Waals surface area contributed by atoms with E-state index in [1.807, 2.05) is 30.3 Å². The number of phenolic OH excluding ortho intramolecular Hbond substituents is 1. The first-order valence-electron chi connectivity index (χ1n) is 9.45. The van der Waals surface area contributed by atoms with Crippen LogP contribution in [0.3, 0.4) is 0 Å². The summed E-state index contributed by atoms with van der Waals surface area (Å²) in [5, 5.41) is 27.9. The number of aromatic amines is 1. The summed E-state index contributed by atoms with van der Waals surface area (Å²) < 4.78 is 36.9. The van der Waals surface area contributed by atoms with Crippen LogP contribution in [-0.2, 0) is 11.3 Å². The van der Waals surface area contributed by atoms with Gasteiger partial charge >= 0.3 is 17.8 Å². The first-order chi connectivity index (χ1) is 16.1.